The number of nitrogens with one attached hydrogen (secondary N) is 1. The van der Waals surface area contributed by atoms with Gasteiger partial charge in [-0.2, -0.15) is 0 Å². The molecular formula is C13H19Cl2NO. The largest absolute Gasteiger partial charge is 0.481 e. The summed E-state index contributed by atoms with van der Waals surface area (Å²) in [4.78, 5) is 0. The number of hydrogen-bond acceptors (Lipinski definition) is 2. The van der Waals surface area contributed by atoms with E-state index in [9.17, 15) is 0 Å². The molecule has 0 aliphatic heterocycles. The Morgan fingerprint density at radius 3 is 2.29 bits per heavy atom. The van der Waals surface area contributed by atoms with Crippen molar-refractivity contribution in [1.29, 1.82) is 5.41 Å². The van der Waals surface area contributed by atoms with Gasteiger partial charge in [0.2, 0.25) is 0 Å². The van der Waals surface area contributed by atoms with Crippen LogP contribution < -0.4 is 0 Å². The fourth-order valence-corrected chi connectivity index (χ4v) is 1.66. The molecule has 0 amide bonds. The molecule has 0 aromatic heterocycles. The molecule has 0 spiro atoms. The van der Waals surface area contributed by atoms with Gasteiger partial charge in [0, 0.05) is 10.4 Å². The normalized spacial score (nSPS) is 10.6. The summed E-state index contributed by atoms with van der Waals surface area (Å²) in [5.41, 5.74) is 0.892. The third kappa shape index (κ3) is 4.97. The van der Waals surface area contributed by atoms with E-state index in [1.807, 2.05) is 45.0 Å². The first kappa shape index (κ1) is 16.3. The molecule has 0 radical (unpaired) electrons. The second kappa shape index (κ2) is 6.87. The van der Waals surface area contributed by atoms with Crippen LogP contribution in [-0.2, 0) is 11.2 Å². The minimum atomic E-state index is -0.274. The van der Waals surface area contributed by atoms with Crippen LogP contribution in [0.4, 0.5) is 0 Å². The van der Waals surface area contributed by atoms with Gasteiger partial charge in [0.05, 0.1) is 6.61 Å². The van der Waals surface area contributed by atoms with Crippen molar-refractivity contribution in [2.75, 3.05) is 6.61 Å². The van der Waals surface area contributed by atoms with Crippen LogP contribution in [0.15, 0.2) is 24.3 Å². The van der Waals surface area contributed by atoms with Crippen LogP contribution in [0, 0.1) is 10.8 Å². The minimum Gasteiger partial charge on any atom is -0.481 e. The summed E-state index contributed by atoms with van der Waals surface area (Å²) in [6, 6.07) is 7.72. The third-order valence-corrected chi connectivity index (χ3v) is 2.71. The number of rotatable bonds is 4. The molecule has 0 bridgehead atoms. The number of halogens is 2. The monoisotopic (exact) mass is 275 g/mol. The Labute approximate surface area is 114 Å². The third-order valence-electron chi connectivity index (χ3n) is 2.46. The standard InChI is InChI=1S/C13H18ClNO.ClH/c1-4-16-12(15)13(2,3)9-10-5-7-11(14)8-6-10;/h5-8,15H,4,9H2,1-3H3;1H. The van der Waals surface area contributed by atoms with Crippen molar-refractivity contribution >= 4 is 29.9 Å². The van der Waals surface area contributed by atoms with Gasteiger partial charge >= 0.3 is 0 Å². The Balaban J connectivity index is 0.00000256. The highest BCUT2D eigenvalue weighted by molar-refractivity contribution is 6.30. The van der Waals surface area contributed by atoms with E-state index in [1.54, 1.807) is 0 Å². The van der Waals surface area contributed by atoms with Crippen molar-refractivity contribution in [2.24, 2.45) is 5.41 Å². The fourth-order valence-electron chi connectivity index (χ4n) is 1.53. The minimum absolute atomic E-state index is 0. The second-order valence-electron chi connectivity index (χ2n) is 4.45. The molecule has 1 rings (SSSR count). The van der Waals surface area contributed by atoms with Crippen molar-refractivity contribution in [2.45, 2.75) is 27.2 Å². The van der Waals surface area contributed by atoms with Crippen LogP contribution in [0.2, 0.25) is 5.02 Å². The summed E-state index contributed by atoms with van der Waals surface area (Å²) >= 11 is 5.83. The zero-order valence-corrected chi connectivity index (χ0v) is 12.0. The predicted octanol–water partition coefficient (Wildman–Crippen LogP) is 4.34. The molecule has 1 aromatic rings. The maximum absolute atomic E-state index is 7.83. The zero-order valence-electron chi connectivity index (χ0n) is 10.4. The van der Waals surface area contributed by atoms with Gasteiger partial charge in [-0.15, -0.1) is 12.4 Å². The maximum Gasteiger partial charge on any atom is 0.186 e. The highest BCUT2D eigenvalue weighted by Crippen LogP contribution is 2.24. The van der Waals surface area contributed by atoms with Crippen molar-refractivity contribution in [1.82, 2.24) is 0 Å². The molecule has 1 N–H and O–H groups in total. The lowest BCUT2D eigenvalue weighted by atomic mass is 9.85. The first-order valence-electron chi connectivity index (χ1n) is 5.42. The molecule has 17 heavy (non-hydrogen) atoms. The Morgan fingerprint density at radius 2 is 1.82 bits per heavy atom. The summed E-state index contributed by atoms with van der Waals surface area (Å²) in [6.45, 7) is 6.47. The molecule has 0 heterocycles. The van der Waals surface area contributed by atoms with Crippen molar-refractivity contribution in [3.05, 3.63) is 34.9 Å². The molecule has 0 atom stereocenters. The lowest BCUT2D eigenvalue weighted by Crippen LogP contribution is -2.28. The first-order chi connectivity index (χ1) is 7.45. The lowest BCUT2D eigenvalue weighted by Gasteiger charge is -2.25. The lowest BCUT2D eigenvalue weighted by molar-refractivity contribution is 0.267. The average Bonchev–Trinajstić information content (AvgIpc) is 2.21. The predicted molar refractivity (Wildman–Crippen MR) is 75.5 cm³/mol. The summed E-state index contributed by atoms with van der Waals surface area (Å²) < 4.78 is 5.26. The van der Waals surface area contributed by atoms with Gasteiger partial charge < -0.3 is 4.74 Å². The quantitative estimate of drug-likeness (QED) is 0.644. The Bertz CT molecular complexity index is 360. The Kier molecular flexibility index (Phi) is 6.58. The molecule has 0 aliphatic rings. The van der Waals surface area contributed by atoms with Gasteiger partial charge in [-0.1, -0.05) is 37.6 Å². The van der Waals surface area contributed by atoms with Crippen molar-refractivity contribution in [3.63, 3.8) is 0 Å². The second-order valence-corrected chi connectivity index (χ2v) is 4.89. The summed E-state index contributed by atoms with van der Waals surface area (Å²) in [7, 11) is 0. The highest BCUT2D eigenvalue weighted by atomic mass is 35.5. The van der Waals surface area contributed by atoms with Crippen LogP contribution >= 0.6 is 24.0 Å². The summed E-state index contributed by atoms with van der Waals surface area (Å²) in [6.07, 6.45) is 0.781. The van der Waals surface area contributed by atoms with Crippen LogP contribution in [0.1, 0.15) is 26.3 Å². The van der Waals surface area contributed by atoms with Gasteiger partial charge in [0.25, 0.3) is 0 Å². The molecule has 0 saturated carbocycles. The Morgan fingerprint density at radius 1 is 1.29 bits per heavy atom. The first-order valence-corrected chi connectivity index (χ1v) is 5.80. The van der Waals surface area contributed by atoms with E-state index in [2.05, 4.69) is 0 Å². The molecule has 0 fully saturated rings. The van der Waals surface area contributed by atoms with Crippen molar-refractivity contribution in [3.8, 4) is 0 Å². The van der Waals surface area contributed by atoms with E-state index in [-0.39, 0.29) is 17.8 Å². The van der Waals surface area contributed by atoms with Gasteiger partial charge in [-0.25, -0.2) is 0 Å². The van der Waals surface area contributed by atoms with Crippen LogP contribution in [-0.4, -0.2) is 12.5 Å². The van der Waals surface area contributed by atoms with Crippen molar-refractivity contribution < 1.29 is 4.74 Å². The molecule has 0 unspecified atom stereocenters. The van der Waals surface area contributed by atoms with Crippen LogP contribution in [0.25, 0.3) is 0 Å². The zero-order chi connectivity index (χ0) is 12.2. The van der Waals surface area contributed by atoms with E-state index in [1.165, 1.54) is 5.56 Å². The van der Waals surface area contributed by atoms with E-state index in [0.717, 1.165) is 11.4 Å². The molecule has 0 saturated heterocycles. The molecule has 4 heteroatoms. The number of ether oxygens (including phenoxy) is 1. The van der Waals surface area contributed by atoms with E-state index in [0.29, 0.717) is 12.5 Å². The molecule has 96 valence electrons. The van der Waals surface area contributed by atoms with E-state index < -0.39 is 0 Å². The van der Waals surface area contributed by atoms with Gasteiger partial charge in [0.1, 0.15) is 0 Å². The smallest absolute Gasteiger partial charge is 0.186 e. The van der Waals surface area contributed by atoms with Gasteiger partial charge in [-0.05, 0) is 31.0 Å². The fraction of sp³-hybridized carbons (Fsp3) is 0.462. The van der Waals surface area contributed by atoms with E-state index in [4.69, 9.17) is 21.7 Å². The maximum atomic E-state index is 7.83. The van der Waals surface area contributed by atoms with Gasteiger partial charge in [0.15, 0.2) is 5.90 Å². The van der Waals surface area contributed by atoms with E-state index >= 15 is 0 Å². The molecule has 2 nitrogen and oxygen atoms in total. The molecular weight excluding hydrogens is 257 g/mol. The number of benzene rings is 1. The van der Waals surface area contributed by atoms with Crippen LogP contribution in [0.3, 0.4) is 0 Å². The SMILES string of the molecule is CCOC(=N)C(C)(C)Cc1ccc(Cl)cc1.Cl. The Hall–Kier alpha value is -0.730. The summed E-state index contributed by atoms with van der Waals surface area (Å²) in [5, 5.41) is 8.57. The average molecular weight is 276 g/mol. The molecule has 1 aromatic carbocycles. The van der Waals surface area contributed by atoms with Gasteiger partial charge in [-0.3, -0.25) is 5.41 Å². The molecule has 0 aliphatic carbocycles. The number of hydrogen-bond donors (Lipinski definition) is 1. The highest BCUT2D eigenvalue weighted by Gasteiger charge is 2.25. The summed E-state index contributed by atoms with van der Waals surface area (Å²) in [5.74, 6) is 0.338. The van der Waals surface area contributed by atoms with Crippen LogP contribution in [0.5, 0.6) is 0 Å². The topological polar surface area (TPSA) is 33.1 Å².